The fraction of sp³-hybridized carbons (Fsp3) is 0.333. The first-order valence-corrected chi connectivity index (χ1v) is 6.93. The molecular formula is C15H17N5O. The van der Waals surface area contributed by atoms with E-state index in [-0.39, 0.29) is 5.91 Å². The van der Waals surface area contributed by atoms with Gasteiger partial charge in [0.25, 0.3) is 0 Å². The summed E-state index contributed by atoms with van der Waals surface area (Å²) in [6, 6.07) is 10.2. The van der Waals surface area contributed by atoms with E-state index in [9.17, 15) is 4.79 Å². The number of benzene rings is 1. The van der Waals surface area contributed by atoms with Crippen molar-refractivity contribution in [2.24, 2.45) is 4.99 Å². The molecule has 0 radical (unpaired) electrons. The number of aryl methyl sites for hydroxylation is 2. The molecule has 3 rings (SSSR count). The molecule has 1 aliphatic rings. The van der Waals surface area contributed by atoms with Crippen molar-refractivity contribution >= 4 is 23.3 Å². The molecule has 1 aromatic carbocycles. The number of amides is 1. The third-order valence-electron chi connectivity index (χ3n) is 3.54. The molecule has 1 aromatic heterocycles. The van der Waals surface area contributed by atoms with Crippen LogP contribution in [0.4, 0.5) is 11.6 Å². The highest BCUT2D eigenvalue weighted by atomic mass is 16.2. The first-order valence-electron chi connectivity index (χ1n) is 6.93. The van der Waals surface area contributed by atoms with Crippen LogP contribution in [0.15, 0.2) is 35.3 Å². The highest BCUT2D eigenvalue weighted by molar-refractivity contribution is 6.09. The molecule has 1 aliphatic heterocycles. The summed E-state index contributed by atoms with van der Waals surface area (Å²) in [5.41, 5.74) is 1.99. The Morgan fingerprint density at radius 3 is 2.76 bits per heavy atom. The number of fused-ring (bicyclic) bond motifs is 1. The van der Waals surface area contributed by atoms with E-state index in [0.29, 0.717) is 24.6 Å². The summed E-state index contributed by atoms with van der Waals surface area (Å²) in [5, 5.41) is 8.24. The second-order valence-corrected chi connectivity index (χ2v) is 5.17. The van der Waals surface area contributed by atoms with E-state index in [2.05, 4.69) is 27.4 Å². The van der Waals surface area contributed by atoms with Crippen LogP contribution >= 0.6 is 0 Å². The highest BCUT2D eigenvalue weighted by Gasteiger charge is 2.25. The number of carbonyl (C=O) groups excluding carboxylic acids is 1. The van der Waals surface area contributed by atoms with E-state index in [1.165, 1.54) is 5.56 Å². The summed E-state index contributed by atoms with van der Waals surface area (Å²) in [4.78, 5) is 18.1. The third kappa shape index (κ3) is 2.69. The maximum absolute atomic E-state index is 12.1. The van der Waals surface area contributed by atoms with Crippen LogP contribution in [0.1, 0.15) is 18.9 Å². The molecule has 0 N–H and O–H groups in total. The van der Waals surface area contributed by atoms with Crippen LogP contribution in [-0.2, 0) is 17.8 Å². The van der Waals surface area contributed by atoms with Gasteiger partial charge in [-0.2, -0.15) is 0 Å². The molecule has 108 valence electrons. The second kappa shape index (κ2) is 5.47. The molecule has 0 spiro atoms. The fourth-order valence-electron chi connectivity index (χ4n) is 2.40. The lowest BCUT2D eigenvalue weighted by Crippen LogP contribution is -2.29. The molecule has 0 atom stereocenters. The molecule has 1 amide bonds. The lowest BCUT2D eigenvalue weighted by Gasteiger charge is -2.16. The monoisotopic (exact) mass is 283 g/mol. The standard InChI is InChI=1S/C15H17N5O/c1-11-10-13(21)19(2)15-14(16-11)17-18-20(15)9-8-12-6-4-3-5-7-12/h3-7H,8-10H2,1-2H3. The van der Waals surface area contributed by atoms with Crippen LogP contribution < -0.4 is 4.90 Å². The summed E-state index contributed by atoms with van der Waals surface area (Å²) in [7, 11) is 1.75. The average Bonchev–Trinajstić information content (AvgIpc) is 2.83. The maximum Gasteiger partial charge on any atom is 0.233 e. The van der Waals surface area contributed by atoms with Crippen LogP contribution in [0.3, 0.4) is 0 Å². The molecule has 0 saturated heterocycles. The molecular weight excluding hydrogens is 266 g/mol. The zero-order valence-electron chi connectivity index (χ0n) is 12.2. The van der Waals surface area contributed by atoms with Crippen LogP contribution in [0.2, 0.25) is 0 Å². The van der Waals surface area contributed by atoms with Gasteiger partial charge in [0.2, 0.25) is 11.7 Å². The van der Waals surface area contributed by atoms with Crippen molar-refractivity contribution in [3.05, 3.63) is 35.9 Å². The zero-order chi connectivity index (χ0) is 14.8. The van der Waals surface area contributed by atoms with Crippen molar-refractivity contribution in [1.29, 1.82) is 0 Å². The Balaban J connectivity index is 1.87. The molecule has 6 heteroatoms. The quantitative estimate of drug-likeness (QED) is 0.865. The van der Waals surface area contributed by atoms with Crippen molar-refractivity contribution in [3.8, 4) is 0 Å². The number of rotatable bonds is 3. The van der Waals surface area contributed by atoms with Crippen molar-refractivity contribution in [1.82, 2.24) is 15.0 Å². The molecule has 0 saturated carbocycles. The molecule has 6 nitrogen and oxygen atoms in total. The minimum atomic E-state index is 0.0123. The van der Waals surface area contributed by atoms with Gasteiger partial charge >= 0.3 is 0 Å². The van der Waals surface area contributed by atoms with Gasteiger partial charge in [-0.15, -0.1) is 5.10 Å². The van der Waals surface area contributed by atoms with Crippen molar-refractivity contribution in [2.75, 3.05) is 11.9 Å². The highest BCUT2D eigenvalue weighted by Crippen LogP contribution is 2.28. The van der Waals surface area contributed by atoms with E-state index < -0.39 is 0 Å². The summed E-state index contributed by atoms with van der Waals surface area (Å²) in [6.07, 6.45) is 1.16. The number of hydrogen-bond acceptors (Lipinski definition) is 4. The Bertz CT molecular complexity index is 689. The van der Waals surface area contributed by atoms with Crippen molar-refractivity contribution in [2.45, 2.75) is 26.3 Å². The van der Waals surface area contributed by atoms with E-state index >= 15 is 0 Å². The van der Waals surface area contributed by atoms with E-state index in [4.69, 9.17) is 0 Å². The molecule has 2 heterocycles. The van der Waals surface area contributed by atoms with Gasteiger partial charge in [-0.25, -0.2) is 9.67 Å². The van der Waals surface area contributed by atoms with Crippen molar-refractivity contribution < 1.29 is 4.79 Å². The minimum Gasteiger partial charge on any atom is -0.297 e. The molecule has 0 bridgehead atoms. The van der Waals surface area contributed by atoms with E-state index in [1.807, 2.05) is 25.1 Å². The third-order valence-corrected chi connectivity index (χ3v) is 3.54. The Labute approximate surface area is 123 Å². The van der Waals surface area contributed by atoms with Gasteiger partial charge in [-0.1, -0.05) is 35.5 Å². The van der Waals surface area contributed by atoms with Gasteiger partial charge in [-0.05, 0) is 18.9 Å². The topological polar surface area (TPSA) is 63.4 Å². The minimum absolute atomic E-state index is 0.0123. The first-order chi connectivity index (χ1) is 10.1. The summed E-state index contributed by atoms with van der Waals surface area (Å²) in [5.74, 6) is 1.21. The number of aliphatic imine (C=N–C) groups is 1. The van der Waals surface area contributed by atoms with E-state index in [1.54, 1.807) is 16.6 Å². The molecule has 0 fully saturated rings. The van der Waals surface area contributed by atoms with E-state index in [0.717, 1.165) is 12.1 Å². The molecule has 21 heavy (non-hydrogen) atoms. The number of aromatic nitrogens is 3. The lowest BCUT2D eigenvalue weighted by atomic mass is 10.1. The predicted molar refractivity (Wildman–Crippen MR) is 81.0 cm³/mol. The number of nitrogens with zero attached hydrogens (tertiary/aromatic N) is 5. The van der Waals surface area contributed by atoms with Crippen molar-refractivity contribution in [3.63, 3.8) is 0 Å². The predicted octanol–water partition coefficient (Wildman–Crippen LogP) is 1.98. The zero-order valence-corrected chi connectivity index (χ0v) is 12.2. The average molecular weight is 283 g/mol. The summed E-state index contributed by atoms with van der Waals surface area (Å²) in [6.45, 7) is 2.50. The molecule has 0 unspecified atom stereocenters. The normalized spacial score (nSPS) is 14.7. The SMILES string of the molecule is CC1=Nc2nnn(CCc3ccccc3)c2N(C)C(=O)C1. The Morgan fingerprint density at radius 1 is 1.24 bits per heavy atom. The largest absolute Gasteiger partial charge is 0.297 e. The van der Waals surface area contributed by atoms with Crippen LogP contribution in [0.5, 0.6) is 0 Å². The Morgan fingerprint density at radius 2 is 2.00 bits per heavy atom. The van der Waals surface area contributed by atoms with Crippen LogP contribution in [0.25, 0.3) is 0 Å². The summed E-state index contributed by atoms with van der Waals surface area (Å²) < 4.78 is 1.75. The number of hydrogen-bond donors (Lipinski definition) is 0. The van der Waals surface area contributed by atoms with Gasteiger partial charge in [0.15, 0.2) is 5.82 Å². The molecule has 2 aromatic rings. The Kier molecular flexibility index (Phi) is 3.51. The second-order valence-electron chi connectivity index (χ2n) is 5.17. The Hall–Kier alpha value is -2.50. The van der Waals surface area contributed by atoms with Crippen LogP contribution in [0, 0.1) is 0 Å². The summed E-state index contributed by atoms with van der Waals surface area (Å²) >= 11 is 0. The first kappa shape index (κ1) is 13.5. The maximum atomic E-state index is 12.1. The van der Waals surface area contributed by atoms with Gasteiger partial charge in [-0.3, -0.25) is 9.69 Å². The molecule has 0 aliphatic carbocycles. The van der Waals surface area contributed by atoms with Gasteiger partial charge < -0.3 is 0 Å². The van der Waals surface area contributed by atoms with Gasteiger partial charge in [0, 0.05) is 19.3 Å². The number of carbonyl (C=O) groups is 1. The smallest absolute Gasteiger partial charge is 0.233 e. The lowest BCUT2D eigenvalue weighted by molar-refractivity contribution is -0.117. The van der Waals surface area contributed by atoms with Gasteiger partial charge in [0.1, 0.15) is 0 Å². The van der Waals surface area contributed by atoms with Crippen LogP contribution in [-0.4, -0.2) is 33.7 Å². The fourth-order valence-corrected chi connectivity index (χ4v) is 2.40. The number of anilines is 1. The van der Waals surface area contributed by atoms with Gasteiger partial charge in [0.05, 0.1) is 6.42 Å².